The smallest absolute Gasteiger partial charge is 0.137 e. The standard InChI is InChI=1S/C49H36N2O/c1-3-14-37(31-33(2)39-18-9-11-21-45(39)50-36-16-5-4-6-17-36)51(46-22-13-24-48-49(46)43-20-10-12-23-47(43)52-48)38-28-25-35-27-29-41-40-19-8-7-15-34(40)26-30-42(41)44(35)32-38/h3-32,50H,1H2,2H3/b33-31+,37-14+. The fourth-order valence-corrected chi connectivity index (χ4v) is 7.54. The molecule has 0 aliphatic carbocycles. The van der Waals surface area contributed by atoms with Gasteiger partial charge >= 0.3 is 0 Å². The Bertz CT molecular complexity index is 2860. The van der Waals surface area contributed by atoms with Crippen LogP contribution < -0.4 is 10.2 Å². The summed E-state index contributed by atoms with van der Waals surface area (Å²) < 4.78 is 6.42. The van der Waals surface area contributed by atoms with Crippen LogP contribution in [0.15, 0.2) is 199 Å². The van der Waals surface area contributed by atoms with Crippen LogP contribution in [0.5, 0.6) is 0 Å². The van der Waals surface area contributed by atoms with Crippen LogP contribution in [0.4, 0.5) is 22.7 Å². The average molecular weight is 669 g/mol. The SMILES string of the molecule is C=C/C=C(\C=C(/C)c1ccccc1Nc1ccccc1)N(c1ccc2ccc3c4ccccc4ccc3c2c1)c1cccc2oc3ccccc3c12. The number of allylic oxidation sites excluding steroid dienone is 4. The molecule has 248 valence electrons. The van der Waals surface area contributed by atoms with Gasteiger partial charge in [0, 0.05) is 33.7 Å². The topological polar surface area (TPSA) is 28.4 Å². The van der Waals surface area contributed by atoms with Gasteiger partial charge in [-0.25, -0.2) is 0 Å². The number of nitrogens with one attached hydrogen (secondary N) is 1. The third-order valence-electron chi connectivity index (χ3n) is 9.92. The second-order valence-electron chi connectivity index (χ2n) is 13.1. The molecule has 0 fully saturated rings. The largest absolute Gasteiger partial charge is 0.456 e. The first-order valence-electron chi connectivity index (χ1n) is 17.6. The Balaban J connectivity index is 1.28. The minimum atomic E-state index is 0.845. The summed E-state index contributed by atoms with van der Waals surface area (Å²) in [5, 5.41) is 13.1. The first-order chi connectivity index (χ1) is 25.7. The van der Waals surface area contributed by atoms with E-state index in [0.29, 0.717) is 0 Å². The van der Waals surface area contributed by atoms with E-state index in [-0.39, 0.29) is 0 Å². The first-order valence-corrected chi connectivity index (χ1v) is 17.6. The van der Waals surface area contributed by atoms with Crippen LogP contribution in [0.3, 0.4) is 0 Å². The molecule has 0 atom stereocenters. The Hall–Kier alpha value is -6.84. The third-order valence-corrected chi connectivity index (χ3v) is 9.92. The summed E-state index contributed by atoms with van der Waals surface area (Å²) in [6.07, 6.45) is 6.23. The molecule has 0 saturated heterocycles. The highest BCUT2D eigenvalue weighted by atomic mass is 16.3. The third kappa shape index (κ3) is 5.49. The molecule has 52 heavy (non-hydrogen) atoms. The zero-order valence-corrected chi connectivity index (χ0v) is 28.9. The predicted octanol–water partition coefficient (Wildman–Crippen LogP) is 14.1. The van der Waals surface area contributed by atoms with Gasteiger partial charge in [0.25, 0.3) is 0 Å². The molecule has 0 spiro atoms. The summed E-state index contributed by atoms with van der Waals surface area (Å²) in [6.45, 7) is 6.36. The van der Waals surface area contributed by atoms with Gasteiger partial charge in [0.15, 0.2) is 0 Å². The van der Waals surface area contributed by atoms with Gasteiger partial charge in [0.2, 0.25) is 0 Å². The second-order valence-corrected chi connectivity index (χ2v) is 13.1. The molecule has 1 aromatic heterocycles. The number of anilines is 4. The molecule has 9 rings (SSSR count). The highest BCUT2D eigenvalue weighted by molar-refractivity contribution is 6.18. The van der Waals surface area contributed by atoms with Crippen LogP contribution in [-0.2, 0) is 0 Å². The van der Waals surface area contributed by atoms with Crippen molar-refractivity contribution >= 4 is 82.6 Å². The molecule has 3 nitrogen and oxygen atoms in total. The molecular formula is C49H36N2O. The fraction of sp³-hybridized carbons (Fsp3) is 0.0204. The van der Waals surface area contributed by atoms with E-state index in [1.165, 1.54) is 32.3 Å². The van der Waals surface area contributed by atoms with Gasteiger partial charge in [0.05, 0.1) is 11.1 Å². The fourth-order valence-electron chi connectivity index (χ4n) is 7.54. The number of hydrogen-bond donors (Lipinski definition) is 1. The molecule has 1 N–H and O–H groups in total. The van der Waals surface area contributed by atoms with Crippen molar-refractivity contribution in [3.05, 3.63) is 200 Å². The number of hydrogen-bond acceptors (Lipinski definition) is 3. The number of fused-ring (bicyclic) bond motifs is 8. The van der Waals surface area contributed by atoms with E-state index >= 15 is 0 Å². The van der Waals surface area contributed by atoms with Crippen molar-refractivity contribution in [2.45, 2.75) is 6.92 Å². The average Bonchev–Trinajstić information content (AvgIpc) is 3.58. The lowest BCUT2D eigenvalue weighted by Crippen LogP contribution is -2.16. The van der Waals surface area contributed by atoms with Crippen molar-refractivity contribution in [3.63, 3.8) is 0 Å². The molecule has 8 aromatic carbocycles. The highest BCUT2D eigenvalue weighted by Crippen LogP contribution is 2.43. The molecule has 0 bridgehead atoms. The Morgan fingerprint density at radius 2 is 1.27 bits per heavy atom. The number of benzene rings is 8. The van der Waals surface area contributed by atoms with E-state index < -0.39 is 0 Å². The van der Waals surface area contributed by atoms with E-state index in [1.54, 1.807) is 0 Å². The predicted molar refractivity (Wildman–Crippen MR) is 223 cm³/mol. The van der Waals surface area contributed by atoms with Gasteiger partial charge in [-0.3, -0.25) is 0 Å². The minimum Gasteiger partial charge on any atom is -0.456 e. The summed E-state index contributed by atoms with van der Waals surface area (Å²) in [5.41, 5.74) is 9.06. The maximum Gasteiger partial charge on any atom is 0.137 e. The van der Waals surface area contributed by atoms with Gasteiger partial charge in [-0.05, 0) is 105 Å². The van der Waals surface area contributed by atoms with E-state index in [0.717, 1.165) is 61.5 Å². The van der Waals surface area contributed by atoms with Gasteiger partial charge < -0.3 is 14.6 Å². The van der Waals surface area contributed by atoms with Crippen molar-refractivity contribution in [2.24, 2.45) is 0 Å². The summed E-state index contributed by atoms with van der Waals surface area (Å²) in [4.78, 5) is 2.35. The normalized spacial score (nSPS) is 12.2. The zero-order chi connectivity index (χ0) is 35.0. The number of nitrogens with zero attached hydrogens (tertiary/aromatic N) is 1. The summed E-state index contributed by atoms with van der Waals surface area (Å²) in [6, 6.07) is 57.8. The molecule has 9 aromatic rings. The Labute approximate surface area is 303 Å². The van der Waals surface area contributed by atoms with E-state index in [1.807, 2.05) is 36.4 Å². The van der Waals surface area contributed by atoms with E-state index in [4.69, 9.17) is 4.42 Å². The zero-order valence-electron chi connectivity index (χ0n) is 28.9. The minimum absolute atomic E-state index is 0.845. The molecule has 0 radical (unpaired) electrons. The van der Waals surface area contributed by atoms with Crippen LogP contribution >= 0.6 is 0 Å². The molecule has 1 heterocycles. The van der Waals surface area contributed by atoms with Crippen molar-refractivity contribution in [1.82, 2.24) is 0 Å². The molecule has 3 heteroatoms. The maximum atomic E-state index is 6.42. The van der Waals surface area contributed by atoms with Gasteiger partial charge in [-0.15, -0.1) is 0 Å². The van der Waals surface area contributed by atoms with Crippen LogP contribution in [0, 0.1) is 0 Å². The van der Waals surface area contributed by atoms with E-state index in [2.05, 4.69) is 169 Å². The van der Waals surface area contributed by atoms with Gasteiger partial charge in [-0.2, -0.15) is 0 Å². The van der Waals surface area contributed by atoms with Crippen LogP contribution in [0.2, 0.25) is 0 Å². The van der Waals surface area contributed by atoms with Crippen molar-refractivity contribution < 1.29 is 4.42 Å². The Morgan fingerprint density at radius 3 is 2.12 bits per heavy atom. The highest BCUT2D eigenvalue weighted by Gasteiger charge is 2.21. The Kier molecular flexibility index (Phi) is 7.87. The summed E-state index contributed by atoms with van der Waals surface area (Å²) in [7, 11) is 0. The molecule has 0 unspecified atom stereocenters. The summed E-state index contributed by atoms with van der Waals surface area (Å²) >= 11 is 0. The van der Waals surface area contributed by atoms with Crippen molar-refractivity contribution in [3.8, 4) is 0 Å². The molecule has 0 aliphatic rings. The number of rotatable bonds is 8. The number of furan rings is 1. The van der Waals surface area contributed by atoms with Crippen molar-refractivity contribution in [2.75, 3.05) is 10.2 Å². The summed E-state index contributed by atoms with van der Waals surface area (Å²) in [5.74, 6) is 0. The maximum absolute atomic E-state index is 6.42. The second kappa shape index (κ2) is 13.1. The van der Waals surface area contributed by atoms with E-state index in [9.17, 15) is 0 Å². The van der Waals surface area contributed by atoms with Crippen LogP contribution in [-0.4, -0.2) is 0 Å². The van der Waals surface area contributed by atoms with Crippen LogP contribution in [0.25, 0.3) is 59.8 Å². The van der Waals surface area contributed by atoms with Crippen LogP contribution in [0.1, 0.15) is 12.5 Å². The first kappa shape index (κ1) is 31.2. The monoisotopic (exact) mass is 668 g/mol. The number of para-hydroxylation sites is 3. The lowest BCUT2D eigenvalue weighted by molar-refractivity contribution is 0.669. The molecule has 0 saturated carbocycles. The van der Waals surface area contributed by atoms with Gasteiger partial charge in [0.1, 0.15) is 11.2 Å². The lowest BCUT2D eigenvalue weighted by atomic mass is 9.96. The quantitative estimate of drug-likeness (QED) is 0.129. The van der Waals surface area contributed by atoms with Gasteiger partial charge in [-0.1, -0.05) is 128 Å². The Morgan fingerprint density at radius 1 is 0.596 bits per heavy atom. The lowest BCUT2D eigenvalue weighted by Gasteiger charge is -2.28. The molecule has 0 amide bonds. The molecular weight excluding hydrogens is 633 g/mol. The van der Waals surface area contributed by atoms with Crippen molar-refractivity contribution in [1.29, 1.82) is 0 Å². The molecule has 0 aliphatic heterocycles.